The number of aromatic nitrogens is 8. The summed E-state index contributed by atoms with van der Waals surface area (Å²) in [4.78, 5) is 23.4. The zero-order valence-corrected chi connectivity index (χ0v) is 18.0. The number of imidazole rings is 1. The van der Waals surface area contributed by atoms with E-state index >= 15 is 0 Å². The fourth-order valence-corrected chi connectivity index (χ4v) is 4.36. The Labute approximate surface area is 186 Å². The van der Waals surface area contributed by atoms with Crippen molar-refractivity contribution < 1.29 is 13.2 Å². The molecular weight excluding hydrogens is 437 g/mol. The van der Waals surface area contributed by atoms with E-state index in [0.29, 0.717) is 23.8 Å². The third-order valence-corrected chi connectivity index (χ3v) is 5.93. The molecule has 4 aromatic heterocycles. The fourth-order valence-electron chi connectivity index (χ4n) is 4.36. The molecule has 0 aromatic carbocycles. The number of hydrogen-bond acceptors (Lipinski definition) is 8. The van der Waals surface area contributed by atoms with Crippen LogP contribution in [0.3, 0.4) is 0 Å². The Kier molecular flexibility index (Phi) is 5.56. The van der Waals surface area contributed by atoms with Crippen LogP contribution < -0.4 is 5.32 Å². The normalized spacial score (nSPS) is 16.1. The van der Waals surface area contributed by atoms with Gasteiger partial charge in [0.15, 0.2) is 17.1 Å². The maximum absolute atomic E-state index is 12.7. The first-order chi connectivity index (χ1) is 15.9. The topological polar surface area (TPSA) is 102 Å². The lowest BCUT2D eigenvalue weighted by atomic mass is 9.93. The number of likely N-dealkylation sites (tertiary alicyclic amines) is 1. The molecule has 0 saturated carbocycles. The summed E-state index contributed by atoms with van der Waals surface area (Å²) in [5, 5.41) is 7.86. The van der Waals surface area contributed by atoms with Gasteiger partial charge >= 0.3 is 6.18 Å². The summed E-state index contributed by atoms with van der Waals surface area (Å²) in [6.07, 6.45) is 3.39. The van der Waals surface area contributed by atoms with Crippen molar-refractivity contribution in [3.8, 4) is 0 Å². The van der Waals surface area contributed by atoms with E-state index in [0.717, 1.165) is 60.2 Å². The molecule has 1 aliphatic rings. The van der Waals surface area contributed by atoms with E-state index in [1.54, 1.807) is 17.1 Å². The lowest BCUT2D eigenvalue weighted by Crippen LogP contribution is -2.36. The summed E-state index contributed by atoms with van der Waals surface area (Å²) < 4.78 is 41.0. The number of aryl methyl sites for hydroxylation is 1. The van der Waals surface area contributed by atoms with E-state index < -0.39 is 12.7 Å². The Morgan fingerprint density at radius 2 is 1.79 bits per heavy atom. The zero-order valence-electron chi connectivity index (χ0n) is 18.0. The molecule has 0 radical (unpaired) electrons. The third kappa shape index (κ3) is 4.45. The maximum Gasteiger partial charge on any atom is 0.406 e. The minimum Gasteiger partial charge on any atom is -0.367 e. The molecular formula is C20H23F3N10. The number of fused-ring (bicyclic) bond motifs is 2. The van der Waals surface area contributed by atoms with Gasteiger partial charge in [0.1, 0.15) is 23.9 Å². The molecule has 5 heterocycles. The van der Waals surface area contributed by atoms with Gasteiger partial charge in [-0.05, 0) is 25.9 Å². The summed E-state index contributed by atoms with van der Waals surface area (Å²) in [5.41, 5.74) is 3.18. The third-order valence-electron chi connectivity index (χ3n) is 5.93. The van der Waals surface area contributed by atoms with Crippen LogP contribution in [0.1, 0.15) is 24.5 Å². The first-order valence-electron chi connectivity index (χ1n) is 10.7. The average Bonchev–Trinajstić information content (AvgIpc) is 3.35. The van der Waals surface area contributed by atoms with Crippen molar-refractivity contribution in [3.05, 3.63) is 30.7 Å². The molecule has 0 aliphatic carbocycles. The minimum atomic E-state index is -4.34. The zero-order chi connectivity index (χ0) is 23.0. The molecule has 5 rings (SSSR count). The van der Waals surface area contributed by atoms with Gasteiger partial charge in [0.05, 0.1) is 12.0 Å². The molecule has 1 fully saturated rings. The van der Waals surface area contributed by atoms with Gasteiger partial charge in [-0.2, -0.15) is 18.3 Å². The van der Waals surface area contributed by atoms with E-state index in [4.69, 9.17) is 0 Å². The molecule has 0 spiro atoms. The summed E-state index contributed by atoms with van der Waals surface area (Å²) in [5.74, 6) is 0.781. The molecule has 1 saturated heterocycles. The van der Waals surface area contributed by atoms with Crippen LogP contribution in [-0.4, -0.2) is 76.5 Å². The van der Waals surface area contributed by atoms with Gasteiger partial charge in [-0.3, -0.25) is 0 Å². The van der Waals surface area contributed by atoms with E-state index in [2.05, 4.69) is 40.2 Å². The van der Waals surface area contributed by atoms with Crippen molar-refractivity contribution in [2.24, 2.45) is 7.05 Å². The molecule has 4 aromatic rings. The van der Waals surface area contributed by atoms with Gasteiger partial charge in [0, 0.05) is 38.4 Å². The van der Waals surface area contributed by atoms with Crippen LogP contribution in [0.25, 0.3) is 22.3 Å². The smallest absolute Gasteiger partial charge is 0.367 e. The fraction of sp³-hybridized carbons (Fsp3) is 0.500. The predicted molar refractivity (Wildman–Crippen MR) is 115 cm³/mol. The van der Waals surface area contributed by atoms with Gasteiger partial charge in [-0.1, -0.05) is 0 Å². The van der Waals surface area contributed by atoms with Crippen LogP contribution in [0.15, 0.2) is 25.0 Å². The lowest BCUT2D eigenvalue weighted by molar-refractivity contribution is -0.140. The van der Waals surface area contributed by atoms with Crippen LogP contribution in [0.5, 0.6) is 0 Å². The van der Waals surface area contributed by atoms with Gasteiger partial charge < -0.3 is 14.8 Å². The number of halogens is 3. The summed E-state index contributed by atoms with van der Waals surface area (Å²) >= 11 is 0. The van der Waals surface area contributed by atoms with Crippen molar-refractivity contribution in [1.29, 1.82) is 0 Å². The van der Waals surface area contributed by atoms with Crippen molar-refractivity contribution in [2.45, 2.75) is 31.5 Å². The highest BCUT2D eigenvalue weighted by molar-refractivity contribution is 5.82. The first kappa shape index (κ1) is 21.5. The maximum atomic E-state index is 12.7. The van der Waals surface area contributed by atoms with Crippen molar-refractivity contribution in [3.63, 3.8) is 0 Å². The summed E-state index contributed by atoms with van der Waals surface area (Å²) in [6, 6.07) is 0. The second kappa shape index (κ2) is 8.54. The Morgan fingerprint density at radius 1 is 1.00 bits per heavy atom. The van der Waals surface area contributed by atoms with Gasteiger partial charge in [0.2, 0.25) is 0 Å². The molecule has 10 nitrogen and oxygen atoms in total. The van der Waals surface area contributed by atoms with Gasteiger partial charge in [0.25, 0.3) is 0 Å². The monoisotopic (exact) mass is 460 g/mol. The molecule has 13 heteroatoms. The molecule has 33 heavy (non-hydrogen) atoms. The number of alkyl halides is 3. The lowest BCUT2D eigenvalue weighted by Gasteiger charge is -2.31. The number of rotatable bonds is 6. The number of nitrogens with one attached hydrogen (secondary N) is 1. The highest BCUT2D eigenvalue weighted by atomic mass is 19.4. The SMILES string of the molecule is Cn1nc(C2CCN(CCNc3ncnc4c3ncn4CC(F)(F)F)CC2)c2nccnc21. The van der Waals surface area contributed by atoms with E-state index in [-0.39, 0.29) is 5.65 Å². The number of anilines is 1. The average molecular weight is 460 g/mol. The molecule has 174 valence electrons. The second-order valence-corrected chi connectivity index (χ2v) is 8.16. The Balaban J connectivity index is 1.17. The van der Waals surface area contributed by atoms with Crippen LogP contribution >= 0.6 is 0 Å². The molecule has 0 atom stereocenters. The van der Waals surface area contributed by atoms with Crippen molar-refractivity contribution >= 4 is 28.1 Å². The molecule has 0 bridgehead atoms. The van der Waals surface area contributed by atoms with Crippen LogP contribution in [0.4, 0.5) is 19.0 Å². The van der Waals surface area contributed by atoms with Crippen LogP contribution in [0.2, 0.25) is 0 Å². The Bertz CT molecular complexity index is 1260. The first-order valence-corrected chi connectivity index (χ1v) is 10.7. The van der Waals surface area contributed by atoms with E-state index in [9.17, 15) is 13.2 Å². The molecule has 0 amide bonds. The Hall–Kier alpha value is -3.35. The number of hydrogen-bond donors (Lipinski definition) is 1. The molecule has 1 aliphatic heterocycles. The van der Waals surface area contributed by atoms with Crippen LogP contribution in [-0.2, 0) is 13.6 Å². The largest absolute Gasteiger partial charge is 0.406 e. The van der Waals surface area contributed by atoms with Crippen molar-refractivity contribution in [2.75, 3.05) is 31.5 Å². The van der Waals surface area contributed by atoms with Crippen molar-refractivity contribution in [1.82, 2.24) is 44.2 Å². The standard InChI is InChI=1S/C20H23F3N10/c1-31-18-15(24-4-5-26-18)14(30-31)13-2-7-32(8-3-13)9-6-25-17-16-19(28-11-27-17)33(12-29-16)10-20(21,22)23/h4-5,11-13H,2-3,6-10H2,1H3,(H,25,27,28). The highest BCUT2D eigenvalue weighted by Crippen LogP contribution is 2.30. The van der Waals surface area contributed by atoms with E-state index in [1.807, 2.05) is 7.05 Å². The number of piperidine rings is 1. The number of nitrogens with zero attached hydrogens (tertiary/aromatic N) is 9. The van der Waals surface area contributed by atoms with Gasteiger partial charge in [-0.15, -0.1) is 0 Å². The molecule has 1 N–H and O–H groups in total. The highest BCUT2D eigenvalue weighted by Gasteiger charge is 2.29. The quantitative estimate of drug-likeness (QED) is 0.468. The summed E-state index contributed by atoms with van der Waals surface area (Å²) in [7, 11) is 1.89. The van der Waals surface area contributed by atoms with Gasteiger partial charge in [-0.25, -0.2) is 29.6 Å². The van der Waals surface area contributed by atoms with E-state index in [1.165, 1.54) is 6.33 Å². The predicted octanol–water partition coefficient (Wildman–Crippen LogP) is 2.36. The van der Waals surface area contributed by atoms with Crippen LogP contribution in [0, 0.1) is 0 Å². The Morgan fingerprint density at radius 3 is 2.58 bits per heavy atom. The minimum absolute atomic E-state index is 0.163. The second-order valence-electron chi connectivity index (χ2n) is 8.16. The summed E-state index contributed by atoms with van der Waals surface area (Å²) in [6.45, 7) is 2.09. The molecule has 0 unspecified atom stereocenters.